The summed E-state index contributed by atoms with van der Waals surface area (Å²) in [6.07, 6.45) is 7.79. The van der Waals surface area contributed by atoms with Gasteiger partial charge in [0.25, 0.3) is 0 Å². The fourth-order valence-electron chi connectivity index (χ4n) is 4.05. The number of nitrogens with one attached hydrogen (secondary N) is 1. The minimum absolute atomic E-state index is 0.0152. The van der Waals surface area contributed by atoms with Crippen LogP contribution < -0.4 is 19.3 Å². The number of pyridine rings is 1. The van der Waals surface area contributed by atoms with Crippen LogP contribution in [0, 0.1) is 17.0 Å². The first-order chi connectivity index (χ1) is 17.3. The Bertz CT molecular complexity index is 1340. The van der Waals surface area contributed by atoms with Crippen LogP contribution >= 0.6 is 0 Å². The highest BCUT2D eigenvalue weighted by molar-refractivity contribution is 6.20. The minimum Gasteiger partial charge on any atom is -0.493 e. The molecule has 1 N–H and O–H groups in total. The number of urea groups is 1. The summed E-state index contributed by atoms with van der Waals surface area (Å²) in [5.74, 6) is -2.61. The van der Waals surface area contributed by atoms with Crippen LogP contribution in [0.5, 0.6) is 11.5 Å². The molecular weight excluding hydrogens is 470 g/mol. The topological polar surface area (TPSA) is 105 Å². The Kier molecular flexibility index (Phi) is 6.91. The van der Waals surface area contributed by atoms with Crippen LogP contribution in [0.2, 0.25) is 0 Å². The number of fused-ring (bicyclic) bond motifs is 1. The molecule has 4 rings (SSSR count). The molecule has 0 saturated carbocycles. The lowest BCUT2D eigenvalue weighted by molar-refractivity contribution is 0.249. The standard InChI is InChI=1S/C25H24F2N6O3/c1-5-17(14(2)28)18-8-19-15(10-31-18)12-33(25(34)32(19)13-16-11-29-6-7-30-16)24-22(26)20(35-3)9-21(36-4)23(24)27/h5-11,28H,12-13H2,1-4H3/b17-5+,28-14?. The molecule has 36 heavy (non-hydrogen) atoms. The van der Waals surface area contributed by atoms with E-state index in [2.05, 4.69) is 15.0 Å². The molecule has 2 amide bonds. The van der Waals surface area contributed by atoms with Crippen molar-refractivity contribution in [1.82, 2.24) is 15.0 Å². The van der Waals surface area contributed by atoms with Crippen LogP contribution in [-0.2, 0) is 13.1 Å². The Balaban J connectivity index is 1.89. The lowest BCUT2D eigenvalue weighted by Crippen LogP contribution is -2.48. The zero-order valence-electron chi connectivity index (χ0n) is 20.2. The van der Waals surface area contributed by atoms with Gasteiger partial charge in [-0.2, -0.15) is 0 Å². The molecule has 0 aliphatic carbocycles. The van der Waals surface area contributed by atoms with Crippen molar-refractivity contribution in [1.29, 1.82) is 5.41 Å². The van der Waals surface area contributed by atoms with Crippen molar-refractivity contribution in [2.45, 2.75) is 26.9 Å². The van der Waals surface area contributed by atoms with E-state index in [9.17, 15) is 4.79 Å². The number of anilines is 2. The van der Waals surface area contributed by atoms with E-state index >= 15 is 8.78 Å². The molecule has 0 saturated heterocycles. The Morgan fingerprint density at radius 2 is 1.81 bits per heavy atom. The molecule has 1 aliphatic heterocycles. The molecule has 0 unspecified atom stereocenters. The van der Waals surface area contributed by atoms with Crippen molar-refractivity contribution in [3.05, 3.63) is 71.6 Å². The van der Waals surface area contributed by atoms with E-state index in [4.69, 9.17) is 14.9 Å². The fourth-order valence-corrected chi connectivity index (χ4v) is 4.05. The SMILES string of the molecule is C/C=C(\C(C)=N)c1cc2c(cn1)CN(c1c(F)c(OC)cc(OC)c1F)C(=O)N2Cc1cnccn1. The second kappa shape index (κ2) is 10.1. The molecule has 186 valence electrons. The van der Waals surface area contributed by atoms with Gasteiger partial charge in [-0.1, -0.05) is 6.08 Å². The van der Waals surface area contributed by atoms with Crippen molar-refractivity contribution in [2.75, 3.05) is 24.0 Å². The summed E-state index contributed by atoms with van der Waals surface area (Å²) in [4.78, 5) is 28.9. The number of hydrogen-bond acceptors (Lipinski definition) is 7. The van der Waals surface area contributed by atoms with Crippen LogP contribution in [0.1, 0.15) is 30.8 Å². The molecular formula is C25H24F2N6O3. The summed E-state index contributed by atoms with van der Waals surface area (Å²) in [5, 5.41) is 8.04. The third-order valence-electron chi connectivity index (χ3n) is 5.77. The highest BCUT2D eigenvalue weighted by atomic mass is 19.1. The molecule has 0 bridgehead atoms. The van der Waals surface area contributed by atoms with E-state index in [0.29, 0.717) is 33.9 Å². The molecule has 1 aliphatic rings. The third-order valence-corrected chi connectivity index (χ3v) is 5.77. The summed E-state index contributed by atoms with van der Waals surface area (Å²) in [6, 6.07) is 2.08. The third kappa shape index (κ3) is 4.35. The lowest BCUT2D eigenvalue weighted by atomic mass is 10.0. The number of amides is 2. The normalized spacial score (nSPS) is 13.5. The van der Waals surface area contributed by atoms with Gasteiger partial charge in [0.2, 0.25) is 0 Å². The van der Waals surface area contributed by atoms with Crippen LogP contribution in [0.15, 0.2) is 43.0 Å². The molecule has 0 spiro atoms. The van der Waals surface area contributed by atoms with Gasteiger partial charge >= 0.3 is 6.03 Å². The molecule has 11 heteroatoms. The number of aromatic nitrogens is 3. The van der Waals surface area contributed by atoms with Crippen LogP contribution in [0.3, 0.4) is 0 Å². The molecule has 0 fully saturated rings. The van der Waals surface area contributed by atoms with Crippen molar-refractivity contribution < 1.29 is 23.0 Å². The summed E-state index contributed by atoms with van der Waals surface area (Å²) in [5.41, 5.74) is 2.30. The first kappa shape index (κ1) is 24.7. The Labute approximate surface area is 206 Å². The quantitative estimate of drug-likeness (QED) is 0.475. The molecule has 2 aromatic heterocycles. The number of hydrogen-bond donors (Lipinski definition) is 1. The Morgan fingerprint density at radius 3 is 2.36 bits per heavy atom. The average Bonchev–Trinajstić information content (AvgIpc) is 2.87. The number of ether oxygens (including phenoxy) is 2. The number of carbonyl (C=O) groups is 1. The summed E-state index contributed by atoms with van der Waals surface area (Å²) >= 11 is 0. The predicted octanol–water partition coefficient (Wildman–Crippen LogP) is 4.76. The van der Waals surface area contributed by atoms with Crippen LogP contribution in [0.4, 0.5) is 25.0 Å². The first-order valence-electron chi connectivity index (χ1n) is 11.0. The second-order valence-electron chi connectivity index (χ2n) is 7.93. The fraction of sp³-hybridized carbons (Fsp3) is 0.240. The summed E-state index contributed by atoms with van der Waals surface area (Å²) < 4.78 is 40.8. The van der Waals surface area contributed by atoms with Crippen molar-refractivity contribution in [2.24, 2.45) is 0 Å². The minimum atomic E-state index is -1.03. The largest absolute Gasteiger partial charge is 0.493 e. The molecule has 0 radical (unpaired) electrons. The predicted molar refractivity (Wildman–Crippen MR) is 131 cm³/mol. The van der Waals surface area contributed by atoms with Gasteiger partial charge in [-0.3, -0.25) is 24.8 Å². The van der Waals surface area contributed by atoms with Gasteiger partial charge in [0.05, 0.1) is 50.6 Å². The summed E-state index contributed by atoms with van der Waals surface area (Å²) in [7, 11) is 2.48. The average molecular weight is 495 g/mol. The van der Waals surface area contributed by atoms with Gasteiger partial charge in [-0.15, -0.1) is 0 Å². The maximum Gasteiger partial charge on any atom is 0.329 e. The Hall–Kier alpha value is -4.41. The Morgan fingerprint density at radius 1 is 1.11 bits per heavy atom. The maximum atomic E-state index is 15.3. The van der Waals surface area contributed by atoms with Gasteiger partial charge in [-0.25, -0.2) is 13.6 Å². The monoisotopic (exact) mass is 494 g/mol. The second-order valence-corrected chi connectivity index (χ2v) is 7.93. The van der Waals surface area contributed by atoms with E-state index < -0.39 is 23.4 Å². The molecule has 1 aromatic carbocycles. The number of methoxy groups -OCH3 is 2. The highest BCUT2D eigenvalue weighted by Crippen LogP contribution is 2.41. The number of carbonyl (C=O) groups excluding carboxylic acids is 1. The van der Waals surface area contributed by atoms with E-state index in [0.717, 1.165) is 11.0 Å². The zero-order valence-corrected chi connectivity index (χ0v) is 20.2. The number of benzene rings is 1. The highest BCUT2D eigenvalue weighted by Gasteiger charge is 2.37. The first-order valence-corrected chi connectivity index (χ1v) is 11.0. The summed E-state index contributed by atoms with van der Waals surface area (Å²) in [6.45, 7) is 3.26. The number of nitrogens with zero attached hydrogens (tertiary/aromatic N) is 5. The van der Waals surface area contributed by atoms with Crippen molar-refractivity contribution >= 4 is 28.7 Å². The van der Waals surface area contributed by atoms with Crippen molar-refractivity contribution in [3.63, 3.8) is 0 Å². The molecule has 3 aromatic rings. The van der Waals surface area contributed by atoms with Crippen LogP contribution in [-0.4, -0.2) is 40.9 Å². The van der Waals surface area contributed by atoms with Gasteiger partial charge < -0.3 is 14.9 Å². The van der Waals surface area contributed by atoms with Crippen molar-refractivity contribution in [3.8, 4) is 11.5 Å². The molecule has 0 atom stereocenters. The number of halogens is 2. The smallest absolute Gasteiger partial charge is 0.329 e. The van der Waals surface area contributed by atoms with Gasteiger partial charge in [0.1, 0.15) is 5.69 Å². The van der Waals surface area contributed by atoms with E-state index in [-0.39, 0.29) is 24.6 Å². The molecule has 9 nitrogen and oxygen atoms in total. The van der Waals surface area contributed by atoms with Gasteiger partial charge in [0.15, 0.2) is 23.1 Å². The van der Waals surface area contributed by atoms with E-state index in [1.807, 2.05) is 0 Å². The molecule has 3 heterocycles. The zero-order chi connectivity index (χ0) is 26.0. The van der Waals surface area contributed by atoms with E-state index in [1.165, 1.54) is 43.9 Å². The number of rotatable bonds is 7. The van der Waals surface area contributed by atoms with Gasteiger partial charge in [-0.05, 0) is 19.9 Å². The van der Waals surface area contributed by atoms with Crippen LogP contribution in [0.25, 0.3) is 5.57 Å². The van der Waals surface area contributed by atoms with E-state index in [1.54, 1.807) is 26.0 Å². The van der Waals surface area contributed by atoms with Gasteiger partial charge in [0, 0.05) is 41.5 Å². The lowest BCUT2D eigenvalue weighted by Gasteiger charge is -2.37. The number of allylic oxidation sites excluding steroid dienone is 2. The maximum absolute atomic E-state index is 15.3.